The van der Waals surface area contributed by atoms with Crippen LogP contribution in [0.4, 0.5) is 5.69 Å². The number of rotatable bonds is 4. The third kappa shape index (κ3) is 2.58. The van der Waals surface area contributed by atoms with Gasteiger partial charge in [-0.2, -0.15) is 5.10 Å². The molecule has 0 aliphatic carbocycles. The Labute approximate surface area is 130 Å². The Kier molecular flexibility index (Phi) is 3.64. The van der Waals surface area contributed by atoms with Crippen molar-refractivity contribution in [3.8, 4) is 0 Å². The molecule has 3 aromatic rings. The van der Waals surface area contributed by atoms with E-state index in [0.717, 1.165) is 22.0 Å². The summed E-state index contributed by atoms with van der Waals surface area (Å²) in [5.74, 6) is -1.19. The quantitative estimate of drug-likeness (QED) is 0.588. The maximum absolute atomic E-state index is 10.7. The fourth-order valence-electron chi connectivity index (χ4n) is 2.13. The van der Waals surface area contributed by atoms with Gasteiger partial charge in [0.15, 0.2) is 4.96 Å². The largest absolute Gasteiger partial charge is 0.545 e. The smallest absolute Gasteiger partial charge is 0.194 e. The second kappa shape index (κ2) is 5.61. The molecule has 0 unspecified atom stereocenters. The second-order valence-electron chi connectivity index (χ2n) is 4.81. The van der Waals surface area contributed by atoms with Crippen molar-refractivity contribution in [2.75, 3.05) is 5.43 Å². The van der Waals surface area contributed by atoms with Crippen molar-refractivity contribution in [3.05, 3.63) is 52.3 Å². The Morgan fingerprint density at radius 3 is 2.77 bits per heavy atom. The van der Waals surface area contributed by atoms with Gasteiger partial charge in [0.05, 0.1) is 29.3 Å². The summed E-state index contributed by atoms with van der Waals surface area (Å²) in [7, 11) is 0. The molecule has 0 fully saturated rings. The number of nitrogens with one attached hydrogen (secondary N) is 1. The van der Waals surface area contributed by atoms with Crippen LogP contribution >= 0.6 is 11.3 Å². The lowest BCUT2D eigenvalue weighted by atomic mass is 10.2. The minimum Gasteiger partial charge on any atom is -0.545 e. The molecule has 0 amide bonds. The molecule has 0 radical (unpaired) electrons. The highest BCUT2D eigenvalue weighted by Gasteiger charge is 2.09. The molecule has 0 bridgehead atoms. The van der Waals surface area contributed by atoms with E-state index in [1.54, 1.807) is 29.7 Å². The number of aryl methyl sites for hydroxylation is 2. The number of imidazole rings is 1. The van der Waals surface area contributed by atoms with Crippen LogP contribution in [0.2, 0.25) is 0 Å². The maximum Gasteiger partial charge on any atom is 0.194 e. The van der Waals surface area contributed by atoms with Gasteiger partial charge in [-0.25, -0.2) is 4.98 Å². The van der Waals surface area contributed by atoms with Crippen molar-refractivity contribution in [3.63, 3.8) is 0 Å². The number of anilines is 1. The molecule has 2 aromatic heterocycles. The molecule has 0 saturated carbocycles. The van der Waals surface area contributed by atoms with Crippen LogP contribution in [0, 0.1) is 13.8 Å². The predicted molar refractivity (Wildman–Crippen MR) is 84.5 cm³/mol. The summed E-state index contributed by atoms with van der Waals surface area (Å²) in [5, 5.41) is 16.9. The number of nitrogens with zero attached hydrogens (tertiary/aromatic N) is 3. The number of carbonyl (C=O) groups excluding carboxylic acids is 1. The standard InChI is InChI=1S/C15H14N4O2S/c1-9-8-22-15-17-10(2)13(19(9)15)7-16-18-12-5-3-11(4-6-12)14(20)21/h3-8,18H,1-2H3,(H,20,21)/p-1/b16-7-. The van der Waals surface area contributed by atoms with Gasteiger partial charge in [-0.3, -0.25) is 9.83 Å². The highest BCUT2D eigenvalue weighted by Crippen LogP contribution is 2.19. The third-order valence-corrected chi connectivity index (χ3v) is 4.20. The van der Waals surface area contributed by atoms with E-state index >= 15 is 0 Å². The number of carboxylic acids is 1. The van der Waals surface area contributed by atoms with E-state index in [0.29, 0.717) is 5.69 Å². The first-order valence-corrected chi connectivity index (χ1v) is 7.48. The topological polar surface area (TPSA) is 81.8 Å². The lowest BCUT2D eigenvalue weighted by Gasteiger charge is -2.04. The molecule has 2 heterocycles. The van der Waals surface area contributed by atoms with Crippen molar-refractivity contribution in [2.24, 2.45) is 5.10 Å². The SMILES string of the molecule is Cc1nc2scc(C)n2c1/C=N\Nc1ccc(C(=O)[O-])cc1. The maximum atomic E-state index is 10.7. The molecule has 0 saturated heterocycles. The van der Waals surface area contributed by atoms with E-state index < -0.39 is 5.97 Å². The van der Waals surface area contributed by atoms with Crippen LogP contribution < -0.4 is 10.5 Å². The number of hydrogen-bond donors (Lipinski definition) is 1. The van der Waals surface area contributed by atoms with Crippen molar-refractivity contribution < 1.29 is 9.90 Å². The molecule has 0 aliphatic rings. The summed E-state index contributed by atoms with van der Waals surface area (Å²) in [6.07, 6.45) is 1.71. The van der Waals surface area contributed by atoms with Crippen LogP contribution in [-0.2, 0) is 0 Å². The molecule has 3 rings (SSSR count). The molecule has 0 aliphatic heterocycles. The number of aromatic carboxylic acids is 1. The number of fused-ring (bicyclic) bond motifs is 1. The molecule has 0 spiro atoms. The molecule has 1 N–H and O–H groups in total. The van der Waals surface area contributed by atoms with Crippen molar-refractivity contribution in [2.45, 2.75) is 13.8 Å². The van der Waals surface area contributed by atoms with Crippen LogP contribution in [0.15, 0.2) is 34.7 Å². The predicted octanol–water partition coefficient (Wildman–Crippen LogP) is 1.82. The summed E-state index contributed by atoms with van der Waals surface area (Å²) in [6.45, 7) is 3.96. The highest BCUT2D eigenvalue weighted by atomic mass is 32.1. The Morgan fingerprint density at radius 1 is 1.36 bits per heavy atom. The van der Waals surface area contributed by atoms with Gasteiger partial charge in [0, 0.05) is 11.1 Å². The van der Waals surface area contributed by atoms with Crippen molar-refractivity contribution in [1.29, 1.82) is 0 Å². The van der Waals surface area contributed by atoms with Crippen molar-refractivity contribution >= 4 is 34.2 Å². The first-order chi connectivity index (χ1) is 10.6. The summed E-state index contributed by atoms with van der Waals surface area (Å²) >= 11 is 1.59. The number of aromatic nitrogens is 2. The van der Waals surface area contributed by atoms with Gasteiger partial charge in [-0.05, 0) is 31.5 Å². The van der Waals surface area contributed by atoms with E-state index in [-0.39, 0.29) is 5.56 Å². The fourth-order valence-corrected chi connectivity index (χ4v) is 3.04. The zero-order valence-electron chi connectivity index (χ0n) is 12.0. The van der Waals surface area contributed by atoms with Crippen LogP contribution in [0.25, 0.3) is 4.96 Å². The fraction of sp³-hybridized carbons (Fsp3) is 0.133. The summed E-state index contributed by atoms with van der Waals surface area (Å²) in [6, 6.07) is 6.21. The summed E-state index contributed by atoms with van der Waals surface area (Å²) in [4.78, 5) is 16.1. The number of benzene rings is 1. The first-order valence-electron chi connectivity index (χ1n) is 6.60. The molecule has 1 aromatic carbocycles. The van der Waals surface area contributed by atoms with Gasteiger partial charge in [0.1, 0.15) is 0 Å². The van der Waals surface area contributed by atoms with Crippen LogP contribution in [0.3, 0.4) is 0 Å². The average Bonchev–Trinajstić information content (AvgIpc) is 3.00. The minimum absolute atomic E-state index is 0.136. The van der Waals surface area contributed by atoms with Gasteiger partial charge >= 0.3 is 0 Å². The average molecular weight is 313 g/mol. The van der Waals surface area contributed by atoms with E-state index in [9.17, 15) is 9.90 Å². The lowest BCUT2D eigenvalue weighted by Crippen LogP contribution is -2.21. The minimum atomic E-state index is -1.19. The highest BCUT2D eigenvalue weighted by molar-refractivity contribution is 7.15. The third-order valence-electron chi connectivity index (χ3n) is 3.25. The Hall–Kier alpha value is -2.67. The van der Waals surface area contributed by atoms with Gasteiger partial charge < -0.3 is 9.90 Å². The molecule has 6 nitrogen and oxygen atoms in total. The Balaban J connectivity index is 1.80. The number of hydrogen-bond acceptors (Lipinski definition) is 6. The number of carbonyl (C=O) groups is 1. The lowest BCUT2D eigenvalue weighted by molar-refractivity contribution is -0.255. The van der Waals surface area contributed by atoms with Crippen LogP contribution in [-0.4, -0.2) is 21.6 Å². The van der Waals surface area contributed by atoms with E-state index in [2.05, 4.69) is 15.5 Å². The Bertz CT molecular complexity index is 862. The van der Waals surface area contributed by atoms with Gasteiger partial charge in [-0.1, -0.05) is 12.1 Å². The molecular weight excluding hydrogens is 300 g/mol. The second-order valence-corrected chi connectivity index (χ2v) is 5.65. The monoisotopic (exact) mass is 313 g/mol. The van der Waals surface area contributed by atoms with E-state index in [4.69, 9.17) is 0 Å². The molecular formula is C15H13N4O2S-. The Morgan fingerprint density at radius 2 is 2.09 bits per heavy atom. The summed E-state index contributed by atoms with van der Waals surface area (Å²) < 4.78 is 2.05. The zero-order valence-corrected chi connectivity index (χ0v) is 12.8. The van der Waals surface area contributed by atoms with E-state index in [1.165, 1.54) is 12.1 Å². The normalized spacial score (nSPS) is 11.4. The van der Waals surface area contributed by atoms with E-state index in [1.807, 2.05) is 23.6 Å². The zero-order chi connectivity index (χ0) is 15.7. The van der Waals surface area contributed by atoms with Gasteiger partial charge in [0.2, 0.25) is 0 Å². The van der Waals surface area contributed by atoms with Gasteiger partial charge in [0.25, 0.3) is 0 Å². The first kappa shape index (κ1) is 14.3. The molecule has 7 heteroatoms. The molecule has 112 valence electrons. The summed E-state index contributed by atoms with van der Waals surface area (Å²) in [5.41, 5.74) is 6.65. The van der Waals surface area contributed by atoms with Crippen LogP contribution in [0.1, 0.15) is 27.4 Å². The number of thiazole rings is 1. The molecule has 0 atom stereocenters. The number of carboxylic acid groups (broad SMARTS) is 1. The van der Waals surface area contributed by atoms with Gasteiger partial charge in [-0.15, -0.1) is 11.3 Å². The van der Waals surface area contributed by atoms with Crippen LogP contribution in [0.5, 0.6) is 0 Å². The van der Waals surface area contributed by atoms with Crippen molar-refractivity contribution in [1.82, 2.24) is 9.38 Å². The molecule has 22 heavy (non-hydrogen) atoms. The number of hydrazone groups is 1.